The molecule has 0 aliphatic heterocycles. The van der Waals surface area contributed by atoms with Crippen LogP contribution in [0.25, 0.3) is 0 Å². The van der Waals surface area contributed by atoms with Gasteiger partial charge in [-0.05, 0) is 70.3 Å². The predicted octanol–water partition coefficient (Wildman–Crippen LogP) is 22.6. The summed E-state index contributed by atoms with van der Waals surface area (Å²) in [5, 5.41) is 3.05. The molecule has 84 heavy (non-hydrogen) atoms. The van der Waals surface area contributed by atoms with E-state index in [2.05, 4.69) is 62.5 Å². The van der Waals surface area contributed by atoms with Crippen molar-refractivity contribution < 1.29 is 37.3 Å². The number of allylic oxidation sites excluding steroid dienone is 7. The van der Waals surface area contributed by atoms with E-state index in [9.17, 15) is 19.0 Å². The Kier molecular flexibility index (Phi) is 62.4. The highest BCUT2D eigenvalue weighted by Crippen LogP contribution is 2.38. The maximum absolute atomic E-state index is 13.6. The molecular formula is C74H141N2O7P. The van der Waals surface area contributed by atoms with E-state index in [4.69, 9.17) is 13.8 Å². The minimum absolute atomic E-state index is 0.0204. The van der Waals surface area contributed by atoms with E-state index in [0.717, 1.165) is 70.6 Å². The van der Waals surface area contributed by atoms with Crippen molar-refractivity contribution >= 4 is 19.7 Å². The van der Waals surface area contributed by atoms with Gasteiger partial charge in [0.05, 0.1) is 33.8 Å². The number of quaternary nitrogens is 1. The van der Waals surface area contributed by atoms with E-state index < -0.39 is 20.0 Å². The van der Waals surface area contributed by atoms with Crippen LogP contribution >= 0.6 is 7.82 Å². The molecule has 3 unspecified atom stereocenters. The zero-order valence-corrected chi connectivity index (χ0v) is 57.5. The van der Waals surface area contributed by atoms with Crippen LogP contribution in [0.15, 0.2) is 48.6 Å². The molecule has 494 valence electrons. The van der Waals surface area contributed by atoms with Crippen LogP contribution in [-0.2, 0) is 27.9 Å². The number of phosphoric ester groups is 1. The molecule has 0 saturated carbocycles. The van der Waals surface area contributed by atoms with Gasteiger partial charge in [-0.25, -0.2) is 0 Å². The zero-order chi connectivity index (χ0) is 61.4. The van der Waals surface area contributed by atoms with Gasteiger partial charge in [-0.2, -0.15) is 0 Å². The molecule has 1 N–H and O–H groups in total. The Morgan fingerprint density at radius 3 is 1.11 bits per heavy atom. The predicted molar refractivity (Wildman–Crippen MR) is 363 cm³/mol. The number of ether oxygens (including phenoxy) is 1. The smallest absolute Gasteiger partial charge is 0.306 e. The lowest BCUT2D eigenvalue weighted by molar-refractivity contribution is -0.870. The number of nitrogens with one attached hydrogen (secondary N) is 1. The Labute approximate surface area is 522 Å². The van der Waals surface area contributed by atoms with Gasteiger partial charge in [-0.1, -0.05) is 327 Å². The number of rotatable bonds is 67. The van der Waals surface area contributed by atoms with Crippen LogP contribution < -0.4 is 10.2 Å². The Hall–Kier alpha value is -2.03. The summed E-state index contributed by atoms with van der Waals surface area (Å²) in [7, 11) is 1.20. The number of phosphoric acid groups is 1. The Balaban J connectivity index is 5.02. The average Bonchev–Trinajstić information content (AvgIpc) is 3.64. The number of amides is 1. The van der Waals surface area contributed by atoms with Crippen molar-refractivity contribution in [2.45, 2.75) is 373 Å². The molecule has 0 radical (unpaired) electrons. The van der Waals surface area contributed by atoms with Crippen molar-refractivity contribution in [3.8, 4) is 0 Å². The summed E-state index contributed by atoms with van der Waals surface area (Å²) in [6.07, 6.45) is 80.9. The summed E-state index contributed by atoms with van der Waals surface area (Å²) in [6.45, 7) is 6.87. The molecule has 0 rings (SSSR count). The maximum atomic E-state index is 13.6. The highest BCUT2D eigenvalue weighted by Gasteiger charge is 2.27. The second-order valence-electron chi connectivity index (χ2n) is 26.1. The first-order chi connectivity index (χ1) is 40.9. The molecule has 0 aliphatic carbocycles. The SMILES string of the molecule is CCCCC/C=C\C/C=C\C/C=C\CCCCCCCCCCCCCCC(=O)OC(/C=C/CCCCCCCCCCCC)C(COP(=O)([O-])OCC[N+](C)(C)C)NC(=O)CCCCCCCCCCCCCCCCCCCCCCC. The van der Waals surface area contributed by atoms with Crippen molar-refractivity contribution in [2.75, 3.05) is 40.9 Å². The first-order valence-electron chi connectivity index (χ1n) is 36.4. The number of carbonyl (C=O) groups excluding carboxylic acids is 2. The third kappa shape index (κ3) is 64.4. The van der Waals surface area contributed by atoms with Gasteiger partial charge < -0.3 is 28.5 Å². The molecule has 0 spiro atoms. The lowest BCUT2D eigenvalue weighted by atomic mass is 10.0. The Morgan fingerprint density at radius 1 is 0.417 bits per heavy atom. The summed E-state index contributed by atoms with van der Waals surface area (Å²) in [5.41, 5.74) is 0. The molecule has 0 aliphatic rings. The summed E-state index contributed by atoms with van der Waals surface area (Å²) in [5.74, 6) is -0.524. The number of nitrogens with zero attached hydrogens (tertiary/aromatic N) is 1. The molecule has 3 atom stereocenters. The molecule has 0 aromatic carbocycles. The van der Waals surface area contributed by atoms with Gasteiger partial charge in [0.2, 0.25) is 5.91 Å². The Morgan fingerprint density at radius 2 is 0.726 bits per heavy atom. The quantitative estimate of drug-likeness (QED) is 0.0212. The van der Waals surface area contributed by atoms with Gasteiger partial charge >= 0.3 is 5.97 Å². The highest BCUT2D eigenvalue weighted by atomic mass is 31.2. The van der Waals surface area contributed by atoms with Gasteiger partial charge in [-0.15, -0.1) is 0 Å². The van der Waals surface area contributed by atoms with Gasteiger partial charge in [0.15, 0.2) is 0 Å². The third-order valence-electron chi connectivity index (χ3n) is 16.5. The van der Waals surface area contributed by atoms with Crippen molar-refractivity contribution in [1.29, 1.82) is 0 Å². The molecule has 0 bridgehead atoms. The van der Waals surface area contributed by atoms with Crippen LogP contribution in [-0.4, -0.2) is 69.4 Å². The van der Waals surface area contributed by atoms with E-state index in [-0.39, 0.29) is 31.5 Å². The van der Waals surface area contributed by atoms with E-state index >= 15 is 0 Å². The van der Waals surface area contributed by atoms with Crippen molar-refractivity contribution in [2.24, 2.45) is 0 Å². The third-order valence-corrected chi connectivity index (χ3v) is 17.5. The molecule has 0 aromatic heterocycles. The number of likely N-dealkylation sites (N-methyl/N-ethyl adjacent to an activating group) is 1. The minimum atomic E-state index is -4.70. The van der Waals surface area contributed by atoms with Crippen LogP contribution in [0, 0.1) is 0 Å². The largest absolute Gasteiger partial charge is 0.756 e. The summed E-state index contributed by atoms with van der Waals surface area (Å²) < 4.78 is 30.5. The van der Waals surface area contributed by atoms with Crippen molar-refractivity contribution in [3.63, 3.8) is 0 Å². The summed E-state index contributed by atoms with van der Waals surface area (Å²) in [6, 6.07) is -0.887. The number of hydrogen-bond acceptors (Lipinski definition) is 7. The molecule has 0 fully saturated rings. The highest BCUT2D eigenvalue weighted by molar-refractivity contribution is 7.45. The summed E-state index contributed by atoms with van der Waals surface area (Å²) in [4.78, 5) is 40.2. The first-order valence-corrected chi connectivity index (χ1v) is 37.9. The van der Waals surface area contributed by atoms with Crippen LogP contribution in [0.2, 0.25) is 0 Å². The second-order valence-corrected chi connectivity index (χ2v) is 27.5. The first kappa shape index (κ1) is 82.0. The molecule has 0 heterocycles. The number of hydrogen-bond donors (Lipinski definition) is 1. The molecular weight excluding hydrogens is 1060 g/mol. The molecule has 0 aromatic rings. The topological polar surface area (TPSA) is 114 Å². The number of unbranched alkanes of at least 4 members (excludes halogenated alkanes) is 45. The fraction of sp³-hybridized carbons (Fsp3) is 0.865. The maximum Gasteiger partial charge on any atom is 0.306 e. The lowest BCUT2D eigenvalue weighted by Gasteiger charge is -2.30. The standard InChI is InChI=1S/C74H141N2O7P/c1-7-10-13-16-19-22-25-28-30-32-34-36-37-38-39-41-43-45-47-49-52-55-58-61-64-67-74(78)83-72(65-62-59-56-53-50-27-24-21-18-15-12-9-3)71(70-82-84(79,80)81-69-68-76(4,5)6)75-73(77)66-63-60-57-54-51-48-46-44-42-40-35-33-31-29-26-23-20-17-14-11-8-2/h19,22,28,30,34,36,62,65,71-72H,7-18,20-21,23-27,29,31-33,35,37-61,63-64,66-70H2,1-6H3,(H-,75,77,79,80)/b22-19-,30-28-,36-34-,65-62+. The van der Waals surface area contributed by atoms with Gasteiger partial charge in [0, 0.05) is 12.8 Å². The molecule has 10 heteroatoms. The number of carbonyl (C=O) groups is 2. The lowest BCUT2D eigenvalue weighted by Crippen LogP contribution is -2.47. The monoisotopic (exact) mass is 1200 g/mol. The van der Waals surface area contributed by atoms with Crippen LogP contribution in [0.3, 0.4) is 0 Å². The van der Waals surface area contributed by atoms with E-state index in [1.54, 1.807) is 0 Å². The molecule has 9 nitrogen and oxygen atoms in total. The van der Waals surface area contributed by atoms with Crippen molar-refractivity contribution in [3.05, 3.63) is 48.6 Å². The van der Waals surface area contributed by atoms with E-state index in [0.29, 0.717) is 17.4 Å². The van der Waals surface area contributed by atoms with Crippen LogP contribution in [0.5, 0.6) is 0 Å². The fourth-order valence-corrected chi connectivity index (χ4v) is 11.6. The molecule has 0 saturated heterocycles. The zero-order valence-electron chi connectivity index (χ0n) is 56.6. The molecule has 1 amide bonds. The normalized spacial score (nSPS) is 13.8. The van der Waals surface area contributed by atoms with Gasteiger partial charge in [0.25, 0.3) is 7.82 Å². The minimum Gasteiger partial charge on any atom is -0.756 e. The van der Waals surface area contributed by atoms with Crippen LogP contribution in [0.4, 0.5) is 0 Å². The average molecular weight is 1200 g/mol. The van der Waals surface area contributed by atoms with Crippen molar-refractivity contribution in [1.82, 2.24) is 5.32 Å². The van der Waals surface area contributed by atoms with Crippen LogP contribution in [0.1, 0.15) is 361 Å². The summed E-state index contributed by atoms with van der Waals surface area (Å²) >= 11 is 0. The second kappa shape index (κ2) is 64.0. The fourth-order valence-electron chi connectivity index (χ4n) is 10.9. The number of esters is 1. The van der Waals surface area contributed by atoms with E-state index in [1.165, 1.54) is 257 Å². The Bertz CT molecular complexity index is 1570. The van der Waals surface area contributed by atoms with Gasteiger partial charge in [-0.3, -0.25) is 14.2 Å². The van der Waals surface area contributed by atoms with E-state index in [1.807, 2.05) is 33.3 Å². The van der Waals surface area contributed by atoms with Gasteiger partial charge in [0.1, 0.15) is 19.3 Å².